The summed E-state index contributed by atoms with van der Waals surface area (Å²) in [7, 11) is 0. The molecule has 1 aromatic heterocycles. The number of nitrogens with zero attached hydrogens (tertiary/aromatic N) is 4. The van der Waals surface area contributed by atoms with Gasteiger partial charge in [0.1, 0.15) is 12.6 Å². The van der Waals surface area contributed by atoms with Crippen molar-refractivity contribution in [3.05, 3.63) is 36.8 Å². The molecule has 0 fully saturated rings. The summed E-state index contributed by atoms with van der Waals surface area (Å²) in [6.07, 6.45) is -1.13. The van der Waals surface area contributed by atoms with Gasteiger partial charge in [-0.05, 0) is 31.2 Å². The second-order valence-corrected chi connectivity index (χ2v) is 6.78. The predicted molar refractivity (Wildman–Crippen MR) is 108 cm³/mol. The zero-order valence-corrected chi connectivity index (χ0v) is 17.1. The molecule has 0 radical (unpaired) electrons. The number of carboxylic acids is 3. The number of H-pyrrole nitrogens is 1. The molecule has 0 aliphatic heterocycles. The number of aromatic hydroxyl groups is 1. The Hall–Kier alpha value is -4.33. The number of carboxylic acid groups (broad SMARTS) is 3. The van der Waals surface area contributed by atoms with Gasteiger partial charge >= 0.3 is 23.6 Å². The highest BCUT2D eigenvalue weighted by Gasteiger charge is 2.32. The maximum atomic E-state index is 12.2. The summed E-state index contributed by atoms with van der Waals surface area (Å²) in [6.45, 7) is -0.315. The van der Waals surface area contributed by atoms with Crippen LogP contribution in [-0.4, -0.2) is 66.9 Å². The molecule has 16 nitrogen and oxygen atoms in total. The number of unbranched alkanes of at least 4 members (excludes halogenated alkanes) is 1. The molecular formula is C17H22N6O10. The lowest BCUT2D eigenvalue weighted by molar-refractivity contribution is -0.142. The van der Waals surface area contributed by atoms with Gasteiger partial charge in [0.2, 0.25) is 11.8 Å². The Morgan fingerprint density at radius 2 is 1.76 bits per heavy atom. The molecule has 0 unspecified atom stereocenters. The van der Waals surface area contributed by atoms with Gasteiger partial charge < -0.3 is 25.7 Å². The van der Waals surface area contributed by atoms with Crippen LogP contribution in [0.5, 0.6) is 5.88 Å². The molecule has 1 rings (SSSR count). The second-order valence-electron chi connectivity index (χ2n) is 6.78. The van der Waals surface area contributed by atoms with Crippen LogP contribution in [0.25, 0.3) is 10.4 Å². The highest BCUT2D eigenvalue weighted by Crippen LogP contribution is 2.28. The quantitative estimate of drug-likeness (QED) is 0.0877. The summed E-state index contributed by atoms with van der Waals surface area (Å²) in [6, 6.07) is -1.69. The topological polar surface area (TPSA) is 265 Å². The molecule has 1 aromatic rings. The Labute approximate surface area is 184 Å². The molecule has 0 bridgehead atoms. The predicted octanol–water partition coefficient (Wildman–Crippen LogP) is -0.502. The fraction of sp³-hybridized carbons (Fsp3) is 0.529. The summed E-state index contributed by atoms with van der Waals surface area (Å²) in [5, 5.41) is 43.7. The molecule has 0 aliphatic carbocycles. The molecule has 1 heterocycles. The monoisotopic (exact) mass is 470 g/mol. The third-order valence-corrected chi connectivity index (χ3v) is 4.55. The lowest BCUT2D eigenvalue weighted by Crippen LogP contribution is -2.38. The Morgan fingerprint density at radius 1 is 1.09 bits per heavy atom. The van der Waals surface area contributed by atoms with E-state index < -0.39 is 77.9 Å². The first kappa shape index (κ1) is 26.7. The lowest BCUT2D eigenvalue weighted by atomic mass is 9.95. The van der Waals surface area contributed by atoms with E-state index in [9.17, 15) is 44.1 Å². The minimum absolute atomic E-state index is 0.0974. The fourth-order valence-electron chi connectivity index (χ4n) is 3.02. The van der Waals surface area contributed by atoms with Crippen LogP contribution in [0.3, 0.4) is 0 Å². The van der Waals surface area contributed by atoms with Gasteiger partial charge in [0.25, 0.3) is 5.56 Å². The van der Waals surface area contributed by atoms with Gasteiger partial charge in [-0.25, -0.2) is 14.2 Å². The van der Waals surface area contributed by atoms with Gasteiger partial charge in [-0.1, -0.05) is 5.11 Å². The summed E-state index contributed by atoms with van der Waals surface area (Å²) >= 11 is 0. The molecule has 0 saturated heterocycles. The first-order valence-corrected chi connectivity index (χ1v) is 9.53. The zero-order chi connectivity index (χ0) is 25.1. The van der Waals surface area contributed by atoms with Crippen LogP contribution in [0.15, 0.2) is 14.7 Å². The highest BCUT2D eigenvalue weighted by atomic mass is 16.4. The van der Waals surface area contributed by atoms with Gasteiger partial charge in [-0.2, -0.15) is 0 Å². The normalized spacial score (nSPS) is 12.2. The van der Waals surface area contributed by atoms with Crippen LogP contribution in [-0.2, 0) is 19.2 Å². The molecule has 6 N–H and O–H groups in total. The number of hydrogen-bond acceptors (Lipinski definition) is 8. The number of amides is 1. The van der Waals surface area contributed by atoms with Gasteiger partial charge in [0.15, 0.2) is 0 Å². The number of azide groups is 1. The summed E-state index contributed by atoms with van der Waals surface area (Å²) in [4.78, 5) is 74.0. The van der Waals surface area contributed by atoms with E-state index in [4.69, 9.17) is 10.6 Å². The van der Waals surface area contributed by atoms with Crippen LogP contribution in [0.2, 0.25) is 0 Å². The van der Waals surface area contributed by atoms with Gasteiger partial charge in [0.05, 0.1) is 11.5 Å². The molecule has 16 heteroatoms. The average molecular weight is 470 g/mol. The highest BCUT2D eigenvalue weighted by molar-refractivity contribution is 5.78. The van der Waals surface area contributed by atoms with E-state index in [-0.39, 0.29) is 25.8 Å². The van der Waals surface area contributed by atoms with Crippen molar-refractivity contribution in [2.45, 2.75) is 44.1 Å². The standard InChI is InChI=1S/C17H22N6O10/c18-22-20-7-10(24)19-6-2-1-3-9(16(31)32)23-14(28)12(13(27)21-17(23)33)8(15(29)30)4-5-11(25)26/h8-9,28H,1-7H2,(H,19,24)(H,25,26)(H,29,30)(H,31,32)(H,21,27,33)/t8-,9-/m0/s1. The molecular weight excluding hydrogens is 448 g/mol. The molecule has 0 aliphatic rings. The molecule has 2 atom stereocenters. The largest absolute Gasteiger partial charge is 0.494 e. The van der Waals surface area contributed by atoms with Crippen molar-refractivity contribution in [2.24, 2.45) is 5.11 Å². The van der Waals surface area contributed by atoms with Crippen molar-refractivity contribution in [2.75, 3.05) is 13.1 Å². The number of aromatic amines is 1. The van der Waals surface area contributed by atoms with Crippen molar-refractivity contribution in [1.82, 2.24) is 14.9 Å². The van der Waals surface area contributed by atoms with Crippen LogP contribution in [0.1, 0.15) is 49.6 Å². The molecule has 1 amide bonds. The van der Waals surface area contributed by atoms with Crippen LogP contribution < -0.4 is 16.6 Å². The zero-order valence-electron chi connectivity index (χ0n) is 17.1. The van der Waals surface area contributed by atoms with Gasteiger partial charge in [-0.15, -0.1) is 0 Å². The van der Waals surface area contributed by atoms with E-state index in [2.05, 4.69) is 15.3 Å². The third-order valence-electron chi connectivity index (χ3n) is 4.55. The van der Waals surface area contributed by atoms with Crippen molar-refractivity contribution in [3.63, 3.8) is 0 Å². The minimum atomic E-state index is -1.81. The van der Waals surface area contributed by atoms with Crippen molar-refractivity contribution >= 4 is 23.8 Å². The Kier molecular flexibility index (Phi) is 10.1. The van der Waals surface area contributed by atoms with Crippen molar-refractivity contribution < 1.29 is 39.6 Å². The molecule has 0 saturated carbocycles. The third kappa shape index (κ3) is 7.70. The average Bonchev–Trinajstić information content (AvgIpc) is 2.71. The molecule has 0 spiro atoms. The van der Waals surface area contributed by atoms with E-state index in [1.54, 1.807) is 4.98 Å². The van der Waals surface area contributed by atoms with Gasteiger partial charge in [0, 0.05) is 17.9 Å². The SMILES string of the molecule is [N-]=[N+]=NCC(=O)NCCCC[C@@H](C(=O)O)n1c(O)c([C@H](CCC(=O)O)C(=O)O)c(=O)[nH]c1=O. The Bertz CT molecular complexity index is 1070. The Morgan fingerprint density at radius 3 is 2.30 bits per heavy atom. The first-order valence-electron chi connectivity index (χ1n) is 9.53. The lowest BCUT2D eigenvalue weighted by Gasteiger charge is -2.20. The minimum Gasteiger partial charge on any atom is -0.494 e. The first-order chi connectivity index (χ1) is 15.5. The van der Waals surface area contributed by atoms with Crippen LogP contribution >= 0.6 is 0 Å². The maximum absolute atomic E-state index is 12.2. The second kappa shape index (κ2) is 12.5. The Balaban J connectivity index is 3.14. The molecule has 33 heavy (non-hydrogen) atoms. The van der Waals surface area contributed by atoms with E-state index in [1.807, 2.05) is 0 Å². The van der Waals surface area contributed by atoms with Crippen LogP contribution in [0.4, 0.5) is 0 Å². The smallest absolute Gasteiger partial charge is 0.331 e. The van der Waals surface area contributed by atoms with Crippen molar-refractivity contribution in [3.8, 4) is 5.88 Å². The van der Waals surface area contributed by atoms with E-state index >= 15 is 0 Å². The van der Waals surface area contributed by atoms with Crippen molar-refractivity contribution in [1.29, 1.82) is 0 Å². The molecule has 0 aromatic carbocycles. The number of aliphatic carboxylic acids is 3. The summed E-state index contributed by atoms with van der Waals surface area (Å²) in [5.41, 5.74) is 4.73. The number of nitrogens with one attached hydrogen (secondary N) is 2. The number of carbonyl (C=O) groups excluding carboxylic acids is 1. The van der Waals surface area contributed by atoms with Crippen LogP contribution in [0, 0.1) is 0 Å². The fourth-order valence-corrected chi connectivity index (χ4v) is 3.02. The van der Waals surface area contributed by atoms with E-state index in [0.29, 0.717) is 4.57 Å². The van der Waals surface area contributed by atoms with E-state index in [0.717, 1.165) is 0 Å². The van der Waals surface area contributed by atoms with Gasteiger partial charge in [-0.3, -0.25) is 24.2 Å². The number of aromatic nitrogens is 2. The maximum Gasteiger partial charge on any atom is 0.331 e. The number of carbonyl (C=O) groups is 4. The van der Waals surface area contributed by atoms with E-state index in [1.165, 1.54) is 0 Å². The summed E-state index contributed by atoms with van der Waals surface area (Å²) in [5.74, 6) is -8.11. The number of rotatable bonds is 14. The molecule has 180 valence electrons. The number of hydrogen-bond donors (Lipinski definition) is 6. The summed E-state index contributed by atoms with van der Waals surface area (Å²) < 4.78 is 0.329.